The van der Waals surface area contributed by atoms with Crippen molar-refractivity contribution in [3.63, 3.8) is 0 Å². The molecule has 1 N–H and O–H groups in total. The summed E-state index contributed by atoms with van der Waals surface area (Å²) < 4.78 is 22.0. The number of halogens is 1. The van der Waals surface area contributed by atoms with Gasteiger partial charge in [0.1, 0.15) is 17.2 Å². The molecule has 0 unspecified atom stereocenters. The fourth-order valence-electron chi connectivity index (χ4n) is 4.54. The quantitative estimate of drug-likeness (QED) is 0.427. The van der Waals surface area contributed by atoms with Crippen molar-refractivity contribution in [2.75, 3.05) is 7.05 Å². The summed E-state index contributed by atoms with van der Waals surface area (Å²) in [4.78, 5) is 21.7. The van der Waals surface area contributed by atoms with Crippen molar-refractivity contribution in [3.8, 4) is 34.0 Å². The van der Waals surface area contributed by atoms with Crippen LogP contribution in [0.1, 0.15) is 44.4 Å². The van der Waals surface area contributed by atoms with Crippen LogP contribution in [0.3, 0.4) is 0 Å². The number of aryl methyl sites for hydroxylation is 1. The molecule has 1 saturated carbocycles. The molecule has 0 amide bonds. The maximum absolute atomic E-state index is 14.7. The van der Waals surface area contributed by atoms with Gasteiger partial charge in [-0.1, -0.05) is 24.1 Å². The lowest BCUT2D eigenvalue weighted by Crippen LogP contribution is -2.22. The molecule has 5 rings (SSSR count). The minimum Gasteiger partial charge on any atom is -0.354 e. The SMILES string of the molecule is CNCc1ccc(-c2cc(-c3nc(-c4ccc(=O)n(C5CCCC5)c4)cnc3C)on2)c(F)c1.[HH]. The highest BCUT2D eigenvalue weighted by molar-refractivity contribution is 5.68. The molecule has 8 heteroatoms. The molecule has 0 radical (unpaired) electrons. The maximum atomic E-state index is 14.7. The Labute approximate surface area is 198 Å². The lowest BCUT2D eigenvalue weighted by Gasteiger charge is -2.14. The lowest BCUT2D eigenvalue weighted by atomic mass is 10.1. The standard InChI is InChI=1S/C26H26FN5O2.H2/c1-16-26(24-12-22(31-34-24)20-9-7-17(13-28-2)11-21(20)27)30-23(14-29-16)18-8-10-25(33)32(15-18)19-5-3-4-6-19;/h7-12,14-15,19,28H,3-6,13H2,1-2H3;1H. The first-order valence-electron chi connectivity index (χ1n) is 11.5. The van der Waals surface area contributed by atoms with Crippen molar-refractivity contribution in [3.05, 3.63) is 76.2 Å². The van der Waals surface area contributed by atoms with Gasteiger partial charge in [-0.25, -0.2) is 9.37 Å². The van der Waals surface area contributed by atoms with E-state index >= 15 is 0 Å². The Kier molecular flexibility index (Phi) is 6.06. The van der Waals surface area contributed by atoms with Gasteiger partial charge in [0.15, 0.2) is 5.76 Å². The third kappa shape index (κ3) is 4.28. The molecule has 1 aromatic carbocycles. The molecule has 34 heavy (non-hydrogen) atoms. The van der Waals surface area contributed by atoms with Crippen LogP contribution in [-0.4, -0.2) is 26.7 Å². The number of rotatable bonds is 6. The second-order valence-electron chi connectivity index (χ2n) is 8.71. The highest BCUT2D eigenvalue weighted by Crippen LogP contribution is 2.31. The average molecular weight is 462 g/mol. The fraction of sp³-hybridized carbons (Fsp3) is 0.308. The van der Waals surface area contributed by atoms with E-state index in [9.17, 15) is 9.18 Å². The van der Waals surface area contributed by atoms with Crippen LogP contribution in [0.2, 0.25) is 0 Å². The van der Waals surface area contributed by atoms with Crippen LogP contribution >= 0.6 is 0 Å². The second kappa shape index (κ2) is 9.30. The van der Waals surface area contributed by atoms with E-state index < -0.39 is 0 Å². The van der Waals surface area contributed by atoms with Gasteiger partial charge in [0, 0.05) is 43.5 Å². The average Bonchev–Trinajstić information content (AvgIpc) is 3.53. The summed E-state index contributed by atoms with van der Waals surface area (Å²) in [6, 6.07) is 10.3. The first kappa shape index (κ1) is 22.2. The van der Waals surface area contributed by atoms with Crippen LogP contribution < -0.4 is 10.9 Å². The molecule has 3 heterocycles. The fourth-order valence-corrected chi connectivity index (χ4v) is 4.54. The maximum Gasteiger partial charge on any atom is 0.250 e. The van der Waals surface area contributed by atoms with E-state index in [2.05, 4.69) is 15.5 Å². The first-order valence-corrected chi connectivity index (χ1v) is 11.5. The summed E-state index contributed by atoms with van der Waals surface area (Å²) in [6.45, 7) is 2.41. The minimum absolute atomic E-state index is 0. The van der Waals surface area contributed by atoms with Gasteiger partial charge in [-0.05, 0) is 50.6 Å². The minimum atomic E-state index is -0.363. The monoisotopic (exact) mass is 461 g/mol. The Balaban J connectivity index is 0.00000289. The first-order chi connectivity index (χ1) is 16.5. The Morgan fingerprint density at radius 3 is 2.76 bits per heavy atom. The number of nitrogens with one attached hydrogen (secondary N) is 1. The molecule has 0 spiro atoms. The zero-order valence-corrected chi connectivity index (χ0v) is 19.2. The molecule has 1 aliphatic carbocycles. The van der Waals surface area contributed by atoms with E-state index in [1.807, 2.05) is 30.8 Å². The molecule has 7 nitrogen and oxygen atoms in total. The van der Waals surface area contributed by atoms with Crippen LogP contribution in [0.15, 0.2) is 58.1 Å². The van der Waals surface area contributed by atoms with E-state index in [4.69, 9.17) is 9.51 Å². The Morgan fingerprint density at radius 1 is 1.18 bits per heavy atom. The Bertz CT molecular complexity index is 1390. The Hall–Kier alpha value is -3.65. The summed E-state index contributed by atoms with van der Waals surface area (Å²) >= 11 is 0. The molecule has 1 aliphatic rings. The normalized spacial score (nSPS) is 14.1. The van der Waals surface area contributed by atoms with Crippen LogP contribution in [0.4, 0.5) is 4.39 Å². The smallest absolute Gasteiger partial charge is 0.250 e. The number of benzene rings is 1. The highest BCUT2D eigenvalue weighted by atomic mass is 19.1. The van der Waals surface area contributed by atoms with Gasteiger partial charge in [0.2, 0.25) is 0 Å². The van der Waals surface area contributed by atoms with E-state index in [1.165, 1.54) is 6.07 Å². The van der Waals surface area contributed by atoms with Crippen LogP contribution in [0, 0.1) is 12.7 Å². The van der Waals surface area contributed by atoms with Gasteiger partial charge in [-0.2, -0.15) is 0 Å². The van der Waals surface area contributed by atoms with Gasteiger partial charge in [-0.3, -0.25) is 9.78 Å². The molecular weight excluding hydrogens is 433 g/mol. The largest absolute Gasteiger partial charge is 0.354 e. The Morgan fingerprint density at radius 2 is 2.00 bits per heavy atom. The van der Waals surface area contributed by atoms with Crippen LogP contribution in [0.25, 0.3) is 34.0 Å². The van der Waals surface area contributed by atoms with Gasteiger partial charge in [0.05, 0.1) is 17.6 Å². The van der Waals surface area contributed by atoms with Crippen LogP contribution in [-0.2, 0) is 6.54 Å². The third-order valence-electron chi connectivity index (χ3n) is 6.34. The number of pyridine rings is 1. The van der Waals surface area contributed by atoms with E-state index in [0.29, 0.717) is 40.6 Å². The zero-order valence-electron chi connectivity index (χ0n) is 19.2. The molecule has 3 aromatic heterocycles. The molecule has 0 aliphatic heterocycles. The molecule has 0 atom stereocenters. The summed E-state index contributed by atoms with van der Waals surface area (Å²) in [6.07, 6.45) is 7.87. The van der Waals surface area contributed by atoms with E-state index in [1.54, 1.807) is 30.5 Å². The molecule has 176 valence electrons. The zero-order chi connectivity index (χ0) is 23.7. The summed E-state index contributed by atoms with van der Waals surface area (Å²) in [5.41, 5.74) is 4.24. The lowest BCUT2D eigenvalue weighted by molar-refractivity contribution is 0.432. The molecule has 1 fully saturated rings. The van der Waals surface area contributed by atoms with E-state index in [0.717, 1.165) is 36.8 Å². The topological polar surface area (TPSA) is 85.8 Å². The van der Waals surface area contributed by atoms with Gasteiger partial charge < -0.3 is 14.4 Å². The predicted molar refractivity (Wildman–Crippen MR) is 130 cm³/mol. The van der Waals surface area contributed by atoms with Crippen molar-refractivity contribution in [1.82, 2.24) is 25.0 Å². The van der Waals surface area contributed by atoms with Gasteiger partial charge in [0.25, 0.3) is 5.56 Å². The predicted octanol–water partition coefficient (Wildman–Crippen LogP) is 5.16. The molecule has 0 saturated heterocycles. The summed E-state index contributed by atoms with van der Waals surface area (Å²) in [7, 11) is 1.82. The van der Waals surface area contributed by atoms with Crippen molar-refractivity contribution >= 4 is 0 Å². The molecular formula is C26H28FN5O2. The number of hydrogen-bond donors (Lipinski definition) is 1. The number of nitrogens with zero attached hydrogens (tertiary/aromatic N) is 4. The molecule has 0 bridgehead atoms. The summed E-state index contributed by atoms with van der Waals surface area (Å²) in [5.74, 6) is 0.0444. The van der Waals surface area contributed by atoms with Gasteiger partial charge >= 0.3 is 0 Å². The van der Waals surface area contributed by atoms with Crippen molar-refractivity contribution in [1.29, 1.82) is 0 Å². The second-order valence-corrected chi connectivity index (χ2v) is 8.71. The highest BCUT2D eigenvalue weighted by Gasteiger charge is 2.20. The third-order valence-corrected chi connectivity index (χ3v) is 6.34. The van der Waals surface area contributed by atoms with Crippen molar-refractivity contribution in [2.24, 2.45) is 0 Å². The van der Waals surface area contributed by atoms with E-state index in [-0.39, 0.29) is 18.8 Å². The van der Waals surface area contributed by atoms with Crippen LogP contribution in [0.5, 0.6) is 0 Å². The van der Waals surface area contributed by atoms with Crippen molar-refractivity contribution < 1.29 is 10.3 Å². The number of hydrogen-bond acceptors (Lipinski definition) is 6. The molecule has 4 aromatic rings. The van der Waals surface area contributed by atoms with Gasteiger partial charge in [-0.15, -0.1) is 0 Å². The summed E-state index contributed by atoms with van der Waals surface area (Å²) in [5, 5.41) is 7.09. The number of aromatic nitrogens is 4. The van der Waals surface area contributed by atoms with Crippen molar-refractivity contribution in [2.45, 2.75) is 45.2 Å².